The van der Waals surface area contributed by atoms with Crippen molar-refractivity contribution in [3.8, 4) is 33.4 Å². The molecule has 0 amide bonds. The molecule has 1 aliphatic heterocycles. The van der Waals surface area contributed by atoms with Crippen LogP contribution in [-0.4, -0.2) is 12.5 Å². The van der Waals surface area contributed by atoms with E-state index < -0.39 is 10.0 Å². The maximum atomic E-state index is 2.49. The van der Waals surface area contributed by atoms with Gasteiger partial charge in [0.25, 0.3) is 0 Å². The Morgan fingerprint density at radius 3 is 1.96 bits per heavy atom. The molecule has 51 heavy (non-hydrogen) atoms. The third kappa shape index (κ3) is 4.84. The highest BCUT2D eigenvalue weighted by Gasteiger charge is 2.37. The van der Waals surface area contributed by atoms with Crippen LogP contribution in [0.25, 0.3) is 64.3 Å². The number of anilines is 3. The highest BCUT2D eigenvalue weighted by atomic mass is 32.3. The molecule has 244 valence electrons. The van der Waals surface area contributed by atoms with E-state index in [0.29, 0.717) is 0 Å². The molecular weight excluding hydrogens is 655 g/mol. The minimum atomic E-state index is -1.25. The lowest BCUT2D eigenvalue weighted by Gasteiger charge is -2.30. The van der Waals surface area contributed by atoms with E-state index in [9.17, 15) is 0 Å². The van der Waals surface area contributed by atoms with Crippen LogP contribution in [0.5, 0.6) is 0 Å². The Labute approximate surface area is 304 Å². The summed E-state index contributed by atoms with van der Waals surface area (Å²) in [4.78, 5) is 5.43. The lowest BCUT2D eigenvalue weighted by Crippen LogP contribution is -2.11. The van der Waals surface area contributed by atoms with Crippen LogP contribution < -0.4 is 4.90 Å². The lowest BCUT2D eigenvalue weighted by atomic mass is 9.98. The van der Waals surface area contributed by atoms with E-state index >= 15 is 0 Å². The van der Waals surface area contributed by atoms with Gasteiger partial charge in [-0.1, -0.05) is 121 Å². The van der Waals surface area contributed by atoms with Crippen LogP contribution in [0.15, 0.2) is 186 Å². The minimum Gasteiger partial charge on any atom is -0.310 e. The van der Waals surface area contributed by atoms with Gasteiger partial charge in [0.15, 0.2) is 0 Å². The first kappa shape index (κ1) is 30.2. The Morgan fingerprint density at radius 1 is 0.431 bits per heavy atom. The Hall–Kier alpha value is -5.61. The second kappa shape index (κ2) is 11.7. The Morgan fingerprint density at radius 2 is 1.10 bits per heavy atom. The number of hydrogen-bond acceptors (Lipinski definition) is 2. The zero-order valence-electron chi connectivity index (χ0n) is 28.5. The van der Waals surface area contributed by atoms with Gasteiger partial charge in [-0.3, -0.25) is 0 Å². The quantitative estimate of drug-likeness (QED) is 0.174. The number of thiophene rings is 1. The minimum absolute atomic E-state index is 1.14. The molecule has 0 atom stereocenters. The van der Waals surface area contributed by atoms with Crippen LogP contribution in [0.1, 0.15) is 0 Å². The maximum Gasteiger partial charge on any atom is 0.0551 e. The fraction of sp³-hybridized carbons (Fsp3) is 0.0417. The van der Waals surface area contributed by atoms with Gasteiger partial charge >= 0.3 is 0 Å². The summed E-state index contributed by atoms with van der Waals surface area (Å²) in [5.41, 5.74) is 11.2. The van der Waals surface area contributed by atoms with Crippen molar-refractivity contribution in [1.82, 2.24) is 0 Å². The van der Waals surface area contributed by atoms with Gasteiger partial charge in [0.2, 0.25) is 0 Å². The monoisotopic (exact) mass is 689 g/mol. The van der Waals surface area contributed by atoms with Crippen molar-refractivity contribution >= 4 is 69.4 Å². The summed E-state index contributed by atoms with van der Waals surface area (Å²) < 4.78 is 2.74. The summed E-state index contributed by atoms with van der Waals surface area (Å²) >= 11 is 1.94. The van der Waals surface area contributed by atoms with E-state index in [1.807, 2.05) is 11.3 Å². The van der Waals surface area contributed by atoms with Gasteiger partial charge in [0.05, 0.1) is 5.69 Å². The molecule has 0 saturated heterocycles. The van der Waals surface area contributed by atoms with Crippen molar-refractivity contribution in [1.29, 1.82) is 0 Å². The summed E-state index contributed by atoms with van der Waals surface area (Å²) in [6.45, 7) is 0. The second-order valence-corrected chi connectivity index (χ2v) is 18.3. The predicted molar refractivity (Wildman–Crippen MR) is 224 cm³/mol. The first-order valence-corrected chi connectivity index (χ1v) is 20.7. The van der Waals surface area contributed by atoms with Crippen LogP contribution in [0, 0.1) is 0 Å². The van der Waals surface area contributed by atoms with E-state index in [2.05, 4.69) is 193 Å². The van der Waals surface area contributed by atoms with Crippen LogP contribution in [0.4, 0.5) is 17.1 Å². The highest BCUT2D eigenvalue weighted by Crippen LogP contribution is 2.71. The fourth-order valence-corrected chi connectivity index (χ4v) is 11.8. The molecule has 2 heterocycles. The van der Waals surface area contributed by atoms with Gasteiger partial charge < -0.3 is 4.90 Å². The molecule has 0 spiro atoms. The van der Waals surface area contributed by atoms with Crippen LogP contribution >= 0.6 is 21.4 Å². The van der Waals surface area contributed by atoms with Crippen LogP contribution in [0.2, 0.25) is 0 Å². The number of nitrogens with zero attached hydrogens (tertiary/aromatic N) is 1. The van der Waals surface area contributed by atoms with E-state index in [1.54, 1.807) is 0 Å². The van der Waals surface area contributed by atoms with Crippen molar-refractivity contribution in [2.75, 3.05) is 17.4 Å². The Bertz CT molecular complexity index is 2780. The first-order valence-electron chi connectivity index (χ1n) is 17.4. The summed E-state index contributed by atoms with van der Waals surface area (Å²) in [6, 6.07) is 64.9. The fourth-order valence-electron chi connectivity index (χ4n) is 7.99. The number of fused-ring (bicyclic) bond motifs is 8. The lowest BCUT2D eigenvalue weighted by molar-refractivity contribution is 1.27. The molecule has 9 aromatic rings. The molecule has 0 N–H and O–H groups in total. The number of benzene rings is 8. The summed E-state index contributed by atoms with van der Waals surface area (Å²) in [5, 5.41) is 5.22. The average Bonchev–Trinajstić information content (AvgIpc) is 3.68. The van der Waals surface area contributed by atoms with E-state index in [0.717, 1.165) is 11.4 Å². The number of rotatable bonds is 5. The molecule has 1 aliphatic rings. The molecule has 8 aromatic carbocycles. The van der Waals surface area contributed by atoms with Crippen molar-refractivity contribution in [2.45, 2.75) is 9.79 Å². The molecule has 0 radical (unpaired) electrons. The van der Waals surface area contributed by atoms with Crippen LogP contribution in [0.3, 0.4) is 0 Å². The van der Waals surface area contributed by atoms with Crippen molar-refractivity contribution in [2.24, 2.45) is 0 Å². The smallest absolute Gasteiger partial charge is 0.0551 e. The average molecular weight is 690 g/mol. The Balaban J connectivity index is 1.20. The molecule has 0 bridgehead atoms. The first-order chi connectivity index (χ1) is 25.0. The van der Waals surface area contributed by atoms with Gasteiger partial charge in [-0.05, 0) is 100 Å². The zero-order valence-corrected chi connectivity index (χ0v) is 30.1. The summed E-state index contributed by atoms with van der Waals surface area (Å²) in [7, 11) is -1.25. The SMILES string of the molecule is CS1(C)c2cccc(N(c3ccc(-c4ccc5ccccc5c4)cc3)c3cccc(-c4ccccc4)c3)c2-c2c1ccc1c2sc2ccccc21. The van der Waals surface area contributed by atoms with Crippen molar-refractivity contribution in [3.05, 3.63) is 176 Å². The van der Waals surface area contributed by atoms with Gasteiger partial charge in [0, 0.05) is 52.5 Å². The van der Waals surface area contributed by atoms with Crippen molar-refractivity contribution < 1.29 is 0 Å². The van der Waals surface area contributed by atoms with Gasteiger partial charge in [-0.25, -0.2) is 0 Å². The normalized spacial score (nSPS) is 13.7. The molecular formula is C48H35NS2. The molecule has 10 rings (SSSR count). The van der Waals surface area contributed by atoms with E-state index in [1.165, 1.54) is 79.8 Å². The predicted octanol–water partition coefficient (Wildman–Crippen LogP) is 14.5. The van der Waals surface area contributed by atoms with Crippen molar-refractivity contribution in [3.63, 3.8) is 0 Å². The molecule has 3 heteroatoms. The summed E-state index contributed by atoms with van der Waals surface area (Å²) in [5.74, 6) is 0. The second-order valence-electron chi connectivity index (χ2n) is 13.8. The molecule has 0 fully saturated rings. The van der Waals surface area contributed by atoms with Gasteiger partial charge in [0.1, 0.15) is 0 Å². The van der Waals surface area contributed by atoms with Gasteiger partial charge in [-0.15, -0.1) is 11.3 Å². The topological polar surface area (TPSA) is 3.24 Å². The number of hydrogen-bond donors (Lipinski definition) is 0. The largest absolute Gasteiger partial charge is 0.310 e. The zero-order chi connectivity index (χ0) is 34.1. The van der Waals surface area contributed by atoms with E-state index in [4.69, 9.17) is 0 Å². The molecule has 1 nitrogen and oxygen atoms in total. The molecule has 0 saturated carbocycles. The van der Waals surface area contributed by atoms with E-state index in [-0.39, 0.29) is 0 Å². The molecule has 1 aromatic heterocycles. The third-order valence-corrected chi connectivity index (χ3v) is 14.6. The standard InChI is InChI=1S/C48H35NS2/c1-51(2)44-21-11-19-42(46(44)47-45(51)29-28-41-40-18-8-9-20-43(40)50-48(41)47)49(39-17-10-16-36(31-39)32-12-4-3-5-13-32)38-26-24-34(25-27-38)37-23-22-33-14-6-7-15-35(33)30-37/h3-31H,1-2H3. The maximum absolute atomic E-state index is 2.49. The molecule has 0 aliphatic carbocycles. The Kier molecular flexibility index (Phi) is 6.96. The molecule has 0 unspecified atom stereocenters. The summed E-state index contributed by atoms with van der Waals surface area (Å²) in [6.07, 6.45) is 4.94. The highest BCUT2D eigenvalue weighted by molar-refractivity contribution is 8.33. The van der Waals surface area contributed by atoms with Crippen LogP contribution in [-0.2, 0) is 0 Å². The third-order valence-electron chi connectivity index (χ3n) is 10.5. The van der Waals surface area contributed by atoms with Gasteiger partial charge in [-0.2, -0.15) is 10.0 Å².